The predicted molar refractivity (Wildman–Crippen MR) is 116 cm³/mol. The van der Waals surface area contributed by atoms with E-state index in [2.05, 4.69) is 83.7 Å². The van der Waals surface area contributed by atoms with E-state index in [4.69, 9.17) is 9.31 Å². The molecule has 0 bridgehead atoms. The zero-order valence-electron chi connectivity index (χ0n) is 16.6. The third-order valence-corrected chi connectivity index (χ3v) is 7.04. The Morgan fingerprint density at radius 2 is 1.63 bits per heavy atom. The Balaban J connectivity index is 1.87. The molecule has 0 radical (unpaired) electrons. The Hall–Kier alpha value is -1.75. The van der Waals surface area contributed by atoms with E-state index >= 15 is 0 Å². The lowest BCUT2D eigenvalue weighted by Crippen LogP contribution is -2.41. The molecule has 1 fully saturated rings. The van der Waals surface area contributed by atoms with Gasteiger partial charge in [-0.2, -0.15) is 0 Å². The van der Waals surface area contributed by atoms with E-state index in [0.29, 0.717) is 0 Å². The van der Waals surface area contributed by atoms with Crippen molar-refractivity contribution in [2.75, 3.05) is 0 Å². The van der Waals surface area contributed by atoms with Gasteiger partial charge in [-0.05, 0) is 68.9 Å². The first-order chi connectivity index (χ1) is 12.8. The third kappa shape index (κ3) is 2.82. The largest absolute Gasteiger partial charge is 0.495 e. The number of hydrogen-bond acceptors (Lipinski definition) is 3. The molecular weight excluding hydrogens is 351 g/mol. The van der Waals surface area contributed by atoms with Crippen LogP contribution in [0.5, 0.6) is 0 Å². The van der Waals surface area contributed by atoms with E-state index in [1.807, 2.05) is 17.8 Å². The minimum atomic E-state index is -0.395. The molecule has 0 unspecified atom stereocenters. The molecule has 0 saturated carbocycles. The summed E-state index contributed by atoms with van der Waals surface area (Å²) in [5, 5.41) is 0. The molecule has 4 heteroatoms. The van der Waals surface area contributed by atoms with Gasteiger partial charge in [0.15, 0.2) is 0 Å². The van der Waals surface area contributed by atoms with Crippen molar-refractivity contribution in [3.8, 4) is 0 Å². The van der Waals surface area contributed by atoms with Gasteiger partial charge < -0.3 is 9.31 Å². The third-order valence-electron chi connectivity index (χ3n) is 5.91. The van der Waals surface area contributed by atoms with Gasteiger partial charge in [0, 0.05) is 15.4 Å². The molecule has 2 aromatic rings. The normalized spacial score (nSPS) is 21.1. The molecule has 2 aliphatic rings. The van der Waals surface area contributed by atoms with Gasteiger partial charge in [-0.15, -0.1) is 0 Å². The van der Waals surface area contributed by atoms with Crippen molar-refractivity contribution in [2.45, 2.75) is 55.6 Å². The molecule has 0 amide bonds. The molecule has 0 N–H and O–H groups in total. The van der Waals surface area contributed by atoms with Crippen molar-refractivity contribution in [2.24, 2.45) is 0 Å². The van der Waals surface area contributed by atoms with Crippen LogP contribution in [0.1, 0.15) is 51.3 Å². The first-order valence-corrected chi connectivity index (χ1v) is 10.2. The summed E-state index contributed by atoms with van der Waals surface area (Å²) >= 11 is 1.81. The molecule has 0 aromatic heterocycles. The van der Waals surface area contributed by atoms with Crippen molar-refractivity contribution in [3.63, 3.8) is 0 Å². The molecule has 2 nitrogen and oxygen atoms in total. The van der Waals surface area contributed by atoms with E-state index in [9.17, 15) is 0 Å². The van der Waals surface area contributed by atoms with Gasteiger partial charge >= 0.3 is 7.12 Å². The maximum absolute atomic E-state index is 6.33. The second-order valence-corrected chi connectivity index (χ2v) is 9.12. The van der Waals surface area contributed by atoms with Crippen molar-refractivity contribution in [1.29, 1.82) is 0 Å². The summed E-state index contributed by atoms with van der Waals surface area (Å²) in [6.07, 6.45) is 4.13. The van der Waals surface area contributed by atoms with Crippen LogP contribution in [0.25, 0.3) is 11.6 Å². The minimum Gasteiger partial charge on any atom is -0.399 e. The smallest absolute Gasteiger partial charge is 0.399 e. The van der Waals surface area contributed by atoms with Gasteiger partial charge in [0.2, 0.25) is 0 Å². The molecule has 0 spiro atoms. The molecule has 0 atom stereocenters. The quantitative estimate of drug-likeness (QED) is 0.547. The second-order valence-electron chi connectivity index (χ2n) is 8.03. The lowest BCUT2D eigenvalue weighted by atomic mass is 9.73. The maximum atomic E-state index is 6.33. The molecule has 27 heavy (non-hydrogen) atoms. The highest BCUT2D eigenvalue weighted by atomic mass is 32.2. The molecule has 0 aliphatic carbocycles. The van der Waals surface area contributed by atoms with E-state index in [-0.39, 0.29) is 11.2 Å². The Morgan fingerprint density at radius 3 is 2.26 bits per heavy atom. The molecule has 1 saturated heterocycles. The predicted octanol–water partition coefficient (Wildman–Crippen LogP) is 5.55. The number of benzene rings is 2. The zero-order valence-corrected chi connectivity index (χ0v) is 17.4. The molecule has 138 valence electrons. The monoisotopic (exact) mass is 376 g/mol. The van der Waals surface area contributed by atoms with Gasteiger partial charge in [0.1, 0.15) is 0 Å². The molecular formula is C23H25BO2S. The van der Waals surface area contributed by atoms with Crippen LogP contribution >= 0.6 is 11.8 Å². The van der Waals surface area contributed by atoms with E-state index in [0.717, 1.165) is 11.0 Å². The summed E-state index contributed by atoms with van der Waals surface area (Å²) in [4.78, 5) is 2.54. The van der Waals surface area contributed by atoms with E-state index in [1.54, 1.807) is 0 Å². The van der Waals surface area contributed by atoms with Gasteiger partial charge in [0.25, 0.3) is 0 Å². The van der Waals surface area contributed by atoms with Gasteiger partial charge in [-0.3, -0.25) is 0 Å². The lowest BCUT2D eigenvalue weighted by molar-refractivity contribution is 0.00578. The fraction of sp³-hybridized carbons (Fsp3) is 0.304. The summed E-state index contributed by atoms with van der Waals surface area (Å²) in [5.41, 5.74) is 5.15. The minimum absolute atomic E-state index is 0.364. The van der Waals surface area contributed by atoms with Crippen LogP contribution in [0, 0.1) is 0 Å². The average Bonchev–Trinajstić information content (AvgIpc) is 2.85. The van der Waals surface area contributed by atoms with Crippen LogP contribution in [0.3, 0.4) is 0 Å². The fourth-order valence-corrected chi connectivity index (χ4v) is 4.83. The Labute approximate surface area is 166 Å². The highest BCUT2D eigenvalue weighted by molar-refractivity contribution is 7.99. The van der Waals surface area contributed by atoms with Crippen LogP contribution in [-0.4, -0.2) is 18.3 Å². The Morgan fingerprint density at radius 1 is 0.963 bits per heavy atom. The number of fused-ring (bicyclic) bond motifs is 2. The first-order valence-electron chi connectivity index (χ1n) is 9.38. The lowest BCUT2D eigenvalue weighted by Gasteiger charge is -2.32. The molecule has 2 aromatic carbocycles. The summed E-state index contributed by atoms with van der Waals surface area (Å²) in [7, 11) is -0.395. The van der Waals surface area contributed by atoms with E-state index in [1.165, 1.54) is 26.5 Å². The highest BCUT2D eigenvalue weighted by Crippen LogP contribution is 2.47. The van der Waals surface area contributed by atoms with Gasteiger partial charge in [-0.1, -0.05) is 54.8 Å². The van der Waals surface area contributed by atoms with Crippen LogP contribution in [-0.2, 0) is 9.31 Å². The summed E-state index contributed by atoms with van der Waals surface area (Å²) in [5.74, 6) is 0. The maximum Gasteiger partial charge on any atom is 0.495 e. The van der Waals surface area contributed by atoms with Crippen molar-refractivity contribution in [3.05, 3.63) is 65.7 Å². The standard InChI is InChI=1S/C23H25BO2S/c1-7-15-17-11-9-10-12-19(17)27-20-14-13-18(16(8-2)21(15)20)24-25-22(3,4)23(5,6)26-24/h7-14H,2H2,1,3-6H3/b15-7-. The van der Waals surface area contributed by atoms with Gasteiger partial charge in [-0.25, -0.2) is 0 Å². The van der Waals surface area contributed by atoms with Crippen molar-refractivity contribution >= 4 is 36.0 Å². The summed E-state index contributed by atoms with van der Waals surface area (Å²) in [6, 6.07) is 12.9. The number of rotatable bonds is 2. The Bertz CT molecular complexity index is 943. The van der Waals surface area contributed by atoms with Crippen LogP contribution < -0.4 is 5.46 Å². The van der Waals surface area contributed by atoms with Crippen LogP contribution in [0.4, 0.5) is 0 Å². The summed E-state index contributed by atoms with van der Waals surface area (Å²) in [6.45, 7) is 14.6. The molecule has 2 aliphatic heterocycles. The average molecular weight is 376 g/mol. The molecule has 4 rings (SSSR count). The first kappa shape index (κ1) is 18.6. The number of hydrogen-bond donors (Lipinski definition) is 0. The Kier molecular flexibility index (Phi) is 4.41. The zero-order chi connectivity index (χ0) is 19.4. The molecule has 2 heterocycles. The van der Waals surface area contributed by atoms with Crippen molar-refractivity contribution < 1.29 is 9.31 Å². The van der Waals surface area contributed by atoms with Crippen LogP contribution in [0.15, 0.2) is 58.8 Å². The summed E-state index contributed by atoms with van der Waals surface area (Å²) < 4.78 is 12.7. The van der Waals surface area contributed by atoms with Gasteiger partial charge in [0.05, 0.1) is 11.2 Å². The topological polar surface area (TPSA) is 18.5 Å². The van der Waals surface area contributed by atoms with Crippen molar-refractivity contribution in [1.82, 2.24) is 0 Å². The van der Waals surface area contributed by atoms with E-state index < -0.39 is 7.12 Å². The SMILES string of the molecule is C=Cc1c(B2OC(C)(C)C(C)(C)O2)ccc2c1/C(=C\C)c1ccccc1S2. The van der Waals surface area contributed by atoms with Crippen LogP contribution in [0.2, 0.25) is 0 Å². The second kappa shape index (κ2) is 6.40. The highest BCUT2D eigenvalue weighted by Gasteiger charge is 2.52. The fourth-order valence-electron chi connectivity index (χ4n) is 3.71. The number of allylic oxidation sites excluding steroid dienone is 1.